The molecule has 0 radical (unpaired) electrons. The molecule has 0 bridgehead atoms. The Hall–Kier alpha value is -1.56. The van der Waals surface area contributed by atoms with Gasteiger partial charge in [-0.15, -0.1) is 12.6 Å². The van der Waals surface area contributed by atoms with Gasteiger partial charge in [-0.3, -0.25) is 4.55 Å². The second kappa shape index (κ2) is 4.23. The predicted molar refractivity (Wildman–Crippen MR) is 78.5 cm³/mol. The Labute approximate surface area is 116 Å². The maximum Gasteiger partial charge on any atom is 0.296 e. The monoisotopic (exact) mass is 290 g/mol. The van der Waals surface area contributed by atoms with Crippen molar-refractivity contribution in [3.63, 3.8) is 0 Å². The molecule has 0 saturated heterocycles. The molecule has 0 unspecified atom stereocenters. The highest BCUT2D eigenvalue weighted by atomic mass is 32.2. The van der Waals surface area contributed by atoms with Crippen LogP contribution in [-0.2, 0) is 10.1 Å². The van der Waals surface area contributed by atoms with Crippen molar-refractivity contribution in [3.8, 4) is 0 Å². The first kappa shape index (κ1) is 12.5. The zero-order valence-electron chi connectivity index (χ0n) is 9.74. The first-order valence-electron chi connectivity index (χ1n) is 5.59. The molecule has 3 nitrogen and oxygen atoms in total. The van der Waals surface area contributed by atoms with E-state index in [9.17, 15) is 13.0 Å². The highest BCUT2D eigenvalue weighted by molar-refractivity contribution is 7.87. The third kappa shape index (κ3) is 2.10. The maximum absolute atomic E-state index is 11.5. The molecule has 5 heteroatoms. The third-order valence-electron chi connectivity index (χ3n) is 3.07. The van der Waals surface area contributed by atoms with Gasteiger partial charge in [-0.2, -0.15) is 8.42 Å². The zero-order chi connectivity index (χ0) is 13.6. The minimum atomic E-state index is -4.31. The Morgan fingerprint density at radius 3 is 2.16 bits per heavy atom. The van der Waals surface area contributed by atoms with Crippen molar-refractivity contribution in [2.75, 3.05) is 0 Å². The summed E-state index contributed by atoms with van der Waals surface area (Å²) in [5.41, 5.74) is 0. The molecule has 1 N–H and O–H groups in total. The second-order valence-electron chi connectivity index (χ2n) is 4.31. The van der Waals surface area contributed by atoms with E-state index >= 15 is 0 Å². The minimum Gasteiger partial charge on any atom is -0.282 e. The van der Waals surface area contributed by atoms with E-state index in [-0.39, 0.29) is 9.79 Å². The van der Waals surface area contributed by atoms with Gasteiger partial charge in [0.15, 0.2) is 0 Å². The Kier molecular flexibility index (Phi) is 2.78. The second-order valence-corrected chi connectivity index (χ2v) is 6.15. The van der Waals surface area contributed by atoms with Gasteiger partial charge in [0.1, 0.15) is 4.90 Å². The van der Waals surface area contributed by atoms with Gasteiger partial charge in [0.05, 0.1) is 0 Å². The number of hydrogen-bond donors (Lipinski definition) is 2. The van der Waals surface area contributed by atoms with E-state index in [1.807, 2.05) is 30.3 Å². The van der Waals surface area contributed by atoms with Crippen LogP contribution >= 0.6 is 12.6 Å². The first-order chi connectivity index (χ1) is 8.97. The lowest BCUT2D eigenvalue weighted by atomic mass is 10.0. The quantitative estimate of drug-likeness (QED) is 0.409. The van der Waals surface area contributed by atoms with Gasteiger partial charge in [0.25, 0.3) is 10.1 Å². The molecule has 0 aliphatic heterocycles. The predicted octanol–water partition coefficient (Wildman–Crippen LogP) is 3.53. The Balaban J connectivity index is 2.55. The SMILES string of the molecule is O=S(=O)(O)c1c(S)ccc2cc3ccccc3cc12. The summed E-state index contributed by atoms with van der Waals surface area (Å²) in [6.45, 7) is 0. The highest BCUT2D eigenvalue weighted by Crippen LogP contribution is 2.32. The number of hydrogen-bond acceptors (Lipinski definition) is 3. The molecule has 0 aliphatic carbocycles. The molecular weight excluding hydrogens is 280 g/mol. The van der Waals surface area contributed by atoms with E-state index in [4.69, 9.17) is 0 Å². The summed E-state index contributed by atoms with van der Waals surface area (Å²) in [4.78, 5) is 0.101. The molecule has 0 amide bonds. The molecule has 0 heterocycles. The molecule has 3 aromatic carbocycles. The highest BCUT2D eigenvalue weighted by Gasteiger charge is 2.18. The molecule has 0 spiro atoms. The van der Waals surface area contributed by atoms with E-state index in [1.54, 1.807) is 18.2 Å². The Morgan fingerprint density at radius 2 is 1.53 bits per heavy atom. The van der Waals surface area contributed by atoms with Crippen LogP contribution in [0.5, 0.6) is 0 Å². The summed E-state index contributed by atoms with van der Waals surface area (Å²) in [7, 11) is -4.31. The molecule has 0 aromatic heterocycles. The fourth-order valence-electron chi connectivity index (χ4n) is 2.25. The molecule has 0 saturated carbocycles. The van der Waals surface area contributed by atoms with Crippen LogP contribution in [0.3, 0.4) is 0 Å². The van der Waals surface area contributed by atoms with Gasteiger partial charge in [-0.05, 0) is 34.4 Å². The Bertz CT molecular complexity index is 899. The van der Waals surface area contributed by atoms with E-state index < -0.39 is 10.1 Å². The van der Waals surface area contributed by atoms with Crippen molar-refractivity contribution in [1.29, 1.82) is 0 Å². The van der Waals surface area contributed by atoms with Crippen molar-refractivity contribution in [1.82, 2.24) is 0 Å². The van der Waals surface area contributed by atoms with E-state index in [0.717, 1.165) is 16.2 Å². The zero-order valence-corrected chi connectivity index (χ0v) is 11.4. The van der Waals surface area contributed by atoms with Crippen LogP contribution in [0, 0.1) is 0 Å². The van der Waals surface area contributed by atoms with Crippen molar-refractivity contribution in [2.24, 2.45) is 0 Å². The summed E-state index contributed by atoms with van der Waals surface area (Å²) >= 11 is 4.12. The van der Waals surface area contributed by atoms with Crippen LogP contribution in [0.25, 0.3) is 21.5 Å². The summed E-state index contributed by atoms with van der Waals surface area (Å²) in [6.07, 6.45) is 0. The summed E-state index contributed by atoms with van der Waals surface area (Å²) in [5, 5.41) is 3.17. The van der Waals surface area contributed by atoms with Gasteiger partial charge in [0.2, 0.25) is 0 Å². The molecule has 3 rings (SSSR count). The standard InChI is InChI=1S/C14H10O3S2/c15-19(16,17)14-12-8-10-4-2-1-3-9(10)7-11(12)5-6-13(14)18/h1-8,18H,(H,15,16,17). The average Bonchev–Trinajstić information content (AvgIpc) is 2.34. The van der Waals surface area contributed by atoms with Crippen molar-refractivity contribution < 1.29 is 13.0 Å². The number of thiol groups is 1. The number of fused-ring (bicyclic) bond motifs is 2. The van der Waals surface area contributed by atoms with Crippen LogP contribution in [-0.4, -0.2) is 13.0 Å². The van der Waals surface area contributed by atoms with Crippen LogP contribution < -0.4 is 0 Å². The van der Waals surface area contributed by atoms with Crippen LogP contribution in [0.1, 0.15) is 0 Å². The molecule has 0 aliphatic rings. The van der Waals surface area contributed by atoms with E-state index in [0.29, 0.717) is 5.39 Å². The summed E-state index contributed by atoms with van der Waals surface area (Å²) in [5.74, 6) is 0. The molecule has 19 heavy (non-hydrogen) atoms. The lowest BCUT2D eigenvalue weighted by Crippen LogP contribution is -2.00. The van der Waals surface area contributed by atoms with Crippen LogP contribution in [0.2, 0.25) is 0 Å². The third-order valence-corrected chi connectivity index (χ3v) is 4.55. The largest absolute Gasteiger partial charge is 0.296 e. The van der Waals surface area contributed by atoms with Crippen LogP contribution in [0.4, 0.5) is 0 Å². The summed E-state index contributed by atoms with van der Waals surface area (Å²) < 4.78 is 32.4. The molecule has 96 valence electrons. The van der Waals surface area contributed by atoms with Gasteiger partial charge < -0.3 is 0 Å². The topological polar surface area (TPSA) is 54.4 Å². The lowest BCUT2D eigenvalue weighted by Gasteiger charge is -2.08. The maximum atomic E-state index is 11.5. The van der Waals surface area contributed by atoms with Gasteiger partial charge in [-0.1, -0.05) is 30.3 Å². The van der Waals surface area contributed by atoms with Gasteiger partial charge >= 0.3 is 0 Å². The normalized spacial score (nSPS) is 12.1. The van der Waals surface area contributed by atoms with Crippen molar-refractivity contribution >= 4 is 44.3 Å². The fourth-order valence-corrected chi connectivity index (χ4v) is 3.57. The van der Waals surface area contributed by atoms with Crippen LogP contribution in [0.15, 0.2) is 58.3 Å². The molecule has 3 aromatic rings. The van der Waals surface area contributed by atoms with Crippen molar-refractivity contribution in [2.45, 2.75) is 9.79 Å². The minimum absolute atomic E-state index is 0.140. The number of rotatable bonds is 1. The first-order valence-corrected chi connectivity index (χ1v) is 7.47. The van der Waals surface area contributed by atoms with Crippen molar-refractivity contribution in [3.05, 3.63) is 48.5 Å². The van der Waals surface area contributed by atoms with E-state index in [2.05, 4.69) is 12.6 Å². The van der Waals surface area contributed by atoms with Gasteiger partial charge in [0, 0.05) is 10.3 Å². The molecular formula is C14H10O3S2. The number of benzene rings is 3. The smallest absolute Gasteiger partial charge is 0.282 e. The molecule has 0 fully saturated rings. The lowest BCUT2D eigenvalue weighted by molar-refractivity contribution is 0.482. The average molecular weight is 290 g/mol. The Morgan fingerprint density at radius 1 is 0.895 bits per heavy atom. The molecule has 0 atom stereocenters. The van der Waals surface area contributed by atoms with E-state index in [1.165, 1.54) is 0 Å². The van der Waals surface area contributed by atoms with Gasteiger partial charge in [-0.25, -0.2) is 0 Å². The summed E-state index contributed by atoms with van der Waals surface area (Å²) in [6, 6.07) is 14.7. The fraction of sp³-hybridized carbons (Fsp3) is 0.